The Morgan fingerprint density at radius 1 is 1.22 bits per heavy atom. The average Bonchev–Trinajstić information content (AvgIpc) is 3.34. The Kier molecular flexibility index (Phi) is 4.63. The summed E-state index contributed by atoms with van der Waals surface area (Å²) in [6.07, 6.45) is -0.362. The molecule has 1 aliphatic carbocycles. The first-order valence-corrected chi connectivity index (χ1v) is 9.42. The highest BCUT2D eigenvalue weighted by atomic mass is 32.2. The van der Waals surface area contributed by atoms with Crippen molar-refractivity contribution < 1.29 is 17.9 Å². The van der Waals surface area contributed by atoms with E-state index in [1.54, 1.807) is 24.4 Å². The van der Waals surface area contributed by atoms with Gasteiger partial charge in [-0.2, -0.15) is 13.2 Å². The van der Waals surface area contributed by atoms with Crippen molar-refractivity contribution >= 4 is 22.8 Å². The third-order valence-electron chi connectivity index (χ3n) is 4.20. The molecule has 1 N–H and O–H groups in total. The maximum absolute atomic E-state index is 12.9. The first-order valence-electron chi connectivity index (χ1n) is 8.44. The van der Waals surface area contributed by atoms with E-state index in [1.807, 2.05) is 0 Å². The third kappa shape index (κ3) is 4.13. The molecule has 0 aliphatic heterocycles. The van der Waals surface area contributed by atoms with Crippen molar-refractivity contribution in [2.45, 2.75) is 24.2 Å². The fourth-order valence-corrected chi connectivity index (χ4v) is 3.83. The summed E-state index contributed by atoms with van der Waals surface area (Å²) in [6, 6.07) is 7.63. The van der Waals surface area contributed by atoms with Gasteiger partial charge in [0.15, 0.2) is 11.8 Å². The van der Waals surface area contributed by atoms with Crippen LogP contribution in [0.2, 0.25) is 0 Å². The minimum Gasteiger partial charge on any atom is -0.484 e. The molecule has 1 aliphatic rings. The second-order valence-corrected chi connectivity index (χ2v) is 7.41. The molecule has 0 unspecified atom stereocenters. The molecule has 142 valence electrons. The van der Waals surface area contributed by atoms with E-state index >= 15 is 0 Å². The van der Waals surface area contributed by atoms with E-state index in [4.69, 9.17) is 4.74 Å². The van der Waals surface area contributed by atoms with Crippen molar-refractivity contribution in [1.82, 2.24) is 14.5 Å². The van der Waals surface area contributed by atoms with Crippen molar-refractivity contribution in [2.75, 3.05) is 12.4 Å². The average molecular weight is 395 g/mol. The molecule has 0 bridgehead atoms. The van der Waals surface area contributed by atoms with Crippen LogP contribution in [0.4, 0.5) is 13.2 Å². The molecule has 3 aromatic rings. The molecular weight excluding hydrogens is 379 g/mol. The van der Waals surface area contributed by atoms with Gasteiger partial charge < -0.3 is 9.72 Å². The number of aromatic amines is 1. The monoisotopic (exact) mass is 395 g/mol. The molecule has 0 spiro atoms. The lowest BCUT2D eigenvalue weighted by Crippen LogP contribution is -2.21. The van der Waals surface area contributed by atoms with Crippen LogP contribution in [0.25, 0.3) is 16.7 Å². The minimum atomic E-state index is -4.40. The number of benzene rings is 1. The summed E-state index contributed by atoms with van der Waals surface area (Å²) in [5, 5.41) is 1.02. The topological polar surface area (TPSA) is 59.9 Å². The molecule has 1 fully saturated rings. The number of aromatic nitrogens is 3. The maximum atomic E-state index is 12.9. The van der Waals surface area contributed by atoms with E-state index in [0.29, 0.717) is 27.8 Å². The molecule has 9 heteroatoms. The molecule has 0 saturated heterocycles. The third-order valence-corrected chi connectivity index (χ3v) is 5.37. The molecule has 2 aromatic heterocycles. The Balaban J connectivity index is 1.67. The lowest BCUT2D eigenvalue weighted by atomic mass is 10.3. The van der Waals surface area contributed by atoms with Crippen LogP contribution in [0.1, 0.15) is 12.8 Å². The highest BCUT2D eigenvalue weighted by Gasteiger charge is 2.28. The lowest BCUT2D eigenvalue weighted by Gasteiger charge is -2.13. The van der Waals surface area contributed by atoms with E-state index in [0.717, 1.165) is 5.75 Å². The molecule has 1 aromatic carbocycles. The van der Waals surface area contributed by atoms with Crippen molar-refractivity contribution in [3.63, 3.8) is 0 Å². The predicted molar refractivity (Wildman–Crippen MR) is 96.7 cm³/mol. The van der Waals surface area contributed by atoms with Crippen LogP contribution < -0.4 is 10.3 Å². The number of thioether (sulfide) groups is 1. The molecular formula is C18H16F3N3O2S. The van der Waals surface area contributed by atoms with Crippen molar-refractivity contribution in [1.29, 1.82) is 0 Å². The van der Waals surface area contributed by atoms with Gasteiger partial charge in [-0.05, 0) is 49.1 Å². The Morgan fingerprint density at radius 2 is 1.96 bits per heavy atom. The summed E-state index contributed by atoms with van der Waals surface area (Å²) >= 11 is 1.51. The fraction of sp³-hybridized carbons (Fsp3) is 0.333. The highest BCUT2D eigenvalue weighted by molar-refractivity contribution is 7.99. The molecule has 0 radical (unpaired) electrons. The summed E-state index contributed by atoms with van der Waals surface area (Å²) < 4.78 is 43.1. The van der Waals surface area contributed by atoms with Crippen LogP contribution in [0, 0.1) is 5.92 Å². The molecule has 0 atom stereocenters. The Labute approximate surface area is 156 Å². The Bertz CT molecular complexity index is 1010. The molecule has 27 heavy (non-hydrogen) atoms. The molecule has 5 nitrogen and oxygen atoms in total. The summed E-state index contributed by atoms with van der Waals surface area (Å²) in [5.41, 5.74) is 0.844. The van der Waals surface area contributed by atoms with Gasteiger partial charge in [0.05, 0.1) is 11.1 Å². The molecule has 1 saturated carbocycles. The number of halogens is 3. The van der Waals surface area contributed by atoms with Crippen LogP contribution in [0.3, 0.4) is 0 Å². The molecule has 0 amide bonds. The van der Waals surface area contributed by atoms with Gasteiger partial charge in [-0.15, -0.1) is 0 Å². The predicted octanol–water partition coefficient (Wildman–Crippen LogP) is 4.16. The van der Waals surface area contributed by atoms with E-state index in [2.05, 4.69) is 9.97 Å². The van der Waals surface area contributed by atoms with Crippen LogP contribution in [0.5, 0.6) is 5.75 Å². The zero-order valence-electron chi connectivity index (χ0n) is 14.1. The number of H-pyrrole nitrogens is 1. The van der Waals surface area contributed by atoms with E-state index < -0.39 is 12.8 Å². The maximum Gasteiger partial charge on any atom is 0.422 e. The zero-order valence-corrected chi connectivity index (χ0v) is 14.9. The van der Waals surface area contributed by atoms with Gasteiger partial charge in [-0.3, -0.25) is 9.36 Å². The number of hydrogen-bond donors (Lipinski definition) is 1. The second kappa shape index (κ2) is 6.95. The normalized spacial score (nSPS) is 14.6. The number of nitrogens with one attached hydrogen (secondary N) is 1. The van der Waals surface area contributed by atoms with E-state index in [1.165, 1.54) is 41.3 Å². The van der Waals surface area contributed by atoms with Crippen molar-refractivity contribution in [2.24, 2.45) is 5.92 Å². The number of ether oxygens (including phenoxy) is 1. The van der Waals surface area contributed by atoms with Crippen LogP contribution >= 0.6 is 11.8 Å². The summed E-state index contributed by atoms with van der Waals surface area (Å²) in [5.74, 6) is 1.62. The van der Waals surface area contributed by atoms with Crippen LogP contribution in [-0.2, 0) is 0 Å². The van der Waals surface area contributed by atoms with Crippen molar-refractivity contribution in [3.8, 4) is 11.4 Å². The van der Waals surface area contributed by atoms with Gasteiger partial charge in [-0.1, -0.05) is 11.8 Å². The first kappa shape index (κ1) is 18.0. The smallest absolute Gasteiger partial charge is 0.422 e. The lowest BCUT2D eigenvalue weighted by molar-refractivity contribution is -0.153. The van der Waals surface area contributed by atoms with E-state index in [9.17, 15) is 18.0 Å². The number of rotatable bonds is 6. The van der Waals surface area contributed by atoms with Crippen LogP contribution in [0.15, 0.2) is 46.5 Å². The number of hydrogen-bond acceptors (Lipinski definition) is 4. The molecule has 2 heterocycles. The summed E-state index contributed by atoms with van der Waals surface area (Å²) in [4.78, 5) is 20.4. The van der Waals surface area contributed by atoms with Gasteiger partial charge in [0, 0.05) is 11.9 Å². The van der Waals surface area contributed by atoms with Crippen molar-refractivity contribution in [3.05, 3.63) is 46.9 Å². The largest absolute Gasteiger partial charge is 0.484 e. The van der Waals surface area contributed by atoms with Gasteiger partial charge >= 0.3 is 6.18 Å². The zero-order chi connectivity index (χ0) is 19.0. The molecule has 4 rings (SSSR count). The SMILES string of the molecule is O=c1c2cc[nH]c2nc(SCC2CC2)n1-c1ccc(OCC(F)(F)F)cc1. The fourth-order valence-electron chi connectivity index (χ4n) is 2.64. The van der Waals surface area contributed by atoms with E-state index in [-0.39, 0.29) is 11.3 Å². The van der Waals surface area contributed by atoms with Gasteiger partial charge in [-0.25, -0.2) is 4.98 Å². The van der Waals surface area contributed by atoms with Crippen LogP contribution in [-0.4, -0.2) is 33.1 Å². The van der Waals surface area contributed by atoms with Gasteiger partial charge in [0.2, 0.25) is 0 Å². The Hall–Kier alpha value is -2.42. The standard InChI is InChI=1S/C18H16F3N3O2S/c19-18(20,21)10-26-13-5-3-12(4-6-13)24-16(25)14-7-8-22-15(14)23-17(24)27-9-11-1-2-11/h3-8,11,22H,1-2,9-10H2. The second-order valence-electron chi connectivity index (χ2n) is 6.43. The minimum absolute atomic E-state index is 0.0898. The number of fused-ring (bicyclic) bond motifs is 1. The van der Waals surface area contributed by atoms with Gasteiger partial charge in [0.1, 0.15) is 11.4 Å². The number of alkyl halides is 3. The number of nitrogens with zero attached hydrogens (tertiary/aromatic N) is 2. The Morgan fingerprint density at radius 3 is 2.63 bits per heavy atom. The highest BCUT2D eigenvalue weighted by Crippen LogP contribution is 2.35. The van der Waals surface area contributed by atoms with Gasteiger partial charge in [0.25, 0.3) is 5.56 Å². The quantitative estimate of drug-likeness (QED) is 0.503. The summed E-state index contributed by atoms with van der Waals surface area (Å²) in [7, 11) is 0. The first-order chi connectivity index (χ1) is 12.9. The summed E-state index contributed by atoms with van der Waals surface area (Å²) in [6.45, 7) is -1.36.